The van der Waals surface area contributed by atoms with Crippen LogP contribution in [-0.4, -0.2) is 27.9 Å². The quantitative estimate of drug-likeness (QED) is 0.627. The van der Waals surface area contributed by atoms with Crippen molar-refractivity contribution < 1.29 is 24.3 Å². The van der Waals surface area contributed by atoms with E-state index in [0.717, 1.165) is 0 Å². The van der Waals surface area contributed by atoms with E-state index in [0.29, 0.717) is 22.3 Å². The Hall–Kier alpha value is -2.79. The van der Waals surface area contributed by atoms with Crippen LogP contribution in [0.1, 0.15) is 66.4 Å². The van der Waals surface area contributed by atoms with E-state index < -0.39 is 11.2 Å². The summed E-state index contributed by atoms with van der Waals surface area (Å²) in [4.78, 5) is 46.3. The van der Waals surface area contributed by atoms with Gasteiger partial charge in [0.25, 0.3) is 5.24 Å². The molecule has 0 aliphatic rings. The molecule has 0 spiro atoms. The lowest BCUT2D eigenvalue weighted by Gasteiger charge is -2.11. The maximum absolute atomic E-state index is 11.6. The van der Waals surface area contributed by atoms with Gasteiger partial charge in [0.15, 0.2) is 11.6 Å². The van der Waals surface area contributed by atoms with Crippen LogP contribution in [0.5, 0.6) is 0 Å². The molecular weight excluding hydrogens is 344 g/mol. The molecule has 1 N–H and O–H groups in total. The van der Waals surface area contributed by atoms with Crippen LogP contribution in [0.4, 0.5) is 0 Å². The number of carboxylic acid groups (broad SMARTS) is 1. The van der Waals surface area contributed by atoms with Crippen LogP contribution in [0.15, 0.2) is 36.4 Å². The van der Waals surface area contributed by atoms with Gasteiger partial charge >= 0.3 is 5.97 Å². The Balaban J connectivity index is 2.61. The molecule has 2 rings (SSSR count). The van der Waals surface area contributed by atoms with Gasteiger partial charge in [0, 0.05) is 16.7 Å². The summed E-state index contributed by atoms with van der Waals surface area (Å²) in [6.45, 7) is 2.77. The fourth-order valence-corrected chi connectivity index (χ4v) is 2.71. The fourth-order valence-electron chi connectivity index (χ4n) is 2.52. The number of Topliss-reactive ketones (excluding diaryl/α,β-unsaturated/α-hetero) is 2. The van der Waals surface area contributed by atoms with E-state index in [2.05, 4.69) is 0 Å². The highest BCUT2D eigenvalue weighted by molar-refractivity contribution is 6.67. The van der Waals surface area contributed by atoms with Gasteiger partial charge in [-0.2, -0.15) is 0 Å². The van der Waals surface area contributed by atoms with Crippen molar-refractivity contribution in [3.05, 3.63) is 69.8 Å². The topological polar surface area (TPSA) is 88.5 Å². The molecule has 0 bridgehead atoms. The molecule has 0 aliphatic carbocycles. The predicted octanol–water partition coefficient (Wildman–Crippen LogP) is 3.76. The highest BCUT2D eigenvalue weighted by Crippen LogP contribution is 2.22. The largest absolute Gasteiger partial charge is 0.478 e. The number of halogens is 1. The summed E-state index contributed by atoms with van der Waals surface area (Å²) in [6, 6.07) is 8.72. The summed E-state index contributed by atoms with van der Waals surface area (Å²) in [7, 11) is 0. The molecule has 0 radical (unpaired) electrons. The zero-order valence-corrected chi connectivity index (χ0v) is 14.4. The molecule has 0 amide bonds. The number of carbonyl (C=O) groups excluding carboxylic acids is 3. The van der Waals surface area contributed by atoms with Crippen LogP contribution < -0.4 is 0 Å². The van der Waals surface area contributed by atoms with Crippen molar-refractivity contribution in [2.45, 2.75) is 20.3 Å². The van der Waals surface area contributed by atoms with E-state index >= 15 is 0 Å². The maximum atomic E-state index is 11.6. The average Bonchev–Trinajstić information content (AvgIpc) is 2.54. The second-order valence-electron chi connectivity index (χ2n) is 5.61. The van der Waals surface area contributed by atoms with Crippen molar-refractivity contribution >= 4 is 34.4 Å². The number of aromatic carboxylic acids is 1. The molecule has 2 aromatic carbocycles. The molecule has 128 valence electrons. The number of hydrogen-bond donors (Lipinski definition) is 1. The zero-order valence-electron chi connectivity index (χ0n) is 13.6. The third-order valence-corrected chi connectivity index (χ3v) is 4.05. The van der Waals surface area contributed by atoms with Gasteiger partial charge in [-0.15, -0.1) is 0 Å². The molecule has 0 aliphatic heterocycles. The van der Waals surface area contributed by atoms with Gasteiger partial charge in [0.05, 0.1) is 5.56 Å². The molecule has 0 atom stereocenters. The van der Waals surface area contributed by atoms with E-state index in [4.69, 9.17) is 11.6 Å². The summed E-state index contributed by atoms with van der Waals surface area (Å²) in [6.07, 6.45) is 0.0532. The number of hydrogen-bond acceptors (Lipinski definition) is 4. The molecule has 2 aromatic rings. The second-order valence-corrected chi connectivity index (χ2v) is 5.96. The highest BCUT2D eigenvalue weighted by atomic mass is 35.5. The third-order valence-electron chi connectivity index (χ3n) is 3.85. The van der Waals surface area contributed by atoms with E-state index in [9.17, 15) is 24.3 Å². The van der Waals surface area contributed by atoms with Crippen LogP contribution in [0.25, 0.3) is 0 Å². The first-order valence-electron chi connectivity index (χ1n) is 7.41. The van der Waals surface area contributed by atoms with Gasteiger partial charge in [-0.1, -0.05) is 12.1 Å². The Bertz CT molecular complexity index is 825. The standard InChI is InChI=1S/C19H15ClO5/c1-10(21)12-3-5-16(18(20)23)14(7-12)9-15-8-13(11(2)22)4-6-17(15)19(24)25/h3-8H,9H2,1-2H3,(H,24,25). The minimum Gasteiger partial charge on any atom is -0.478 e. The summed E-state index contributed by atoms with van der Waals surface area (Å²) in [5.74, 6) is -1.54. The number of benzene rings is 2. The van der Waals surface area contributed by atoms with Gasteiger partial charge in [0.2, 0.25) is 0 Å². The lowest BCUT2D eigenvalue weighted by atomic mass is 9.92. The Morgan fingerprint density at radius 2 is 1.28 bits per heavy atom. The van der Waals surface area contributed by atoms with Gasteiger partial charge in [-0.3, -0.25) is 14.4 Å². The van der Waals surface area contributed by atoms with Crippen molar-refractivity contribution in [3.63, 3.8) is 0 Å². The van der Waals surface area contributed by atoms with Gasteiger partial charge in [-0.25, -0.2) is 4.79 Å². The average molecular weight is 359 g/mol. The first-order chi connectivity index (χ1) is 11.7. The SMILES string of the molecule is CC(=O)c1ccc(C(=O)O)c(Cc2cc(C(C)=O)ccc2C(=O)Cl)c1. The zero-order chi connectivity index (χ0) is 18.7. The molecule has 0 saturated heterocycles. The summed E-state index contributed by atoms with van der Waals surface area (Å²) in [5.41, 5.74) is 1.75. The minimum absolute atomic E-state index is 0.0196. The van der Waals surface area contributed by atoms with Gasteiger partial charge in [-0.05, 0) is 67.3 Å². The molecule has 0 aromatic heterocycles. The predicted molar refractivity (Wildman–Crippen MR) is 92.8 cm³/mol. The fraction of sp³-hybridized carbons (Fsp3) is 0.158. The van der Waals surface area contributed by atoms with Crippen LogP contribution in [-0.2, 0) is 6.42 Å². The Kier molecular flexibility index (Phi) is 5.49. The minimum atomic E-state index is -1.15. The van der Waals surface area contributed by atoms with Crippen molar-refractivity contribution in [3.8, 4) is 0 Å². The smallest absolute Gasteiger partial charge is 0.335 e. The molecule has 5 nitrogen and oxygen atoms in total. The summed E-state index contributed by atoms with van der Waals surface area (Å²) < 4.78 is 0. The van der Waals surface area contributed by atoms with E-state index in [-0.39, 0.29) is 29.1 Å². The molecule has 0 unspecified atom stereocenters. The number of carbonyl (C=O) groups is 4. The third kappa shape index (κ3) is 4.19. The number of rotatable bonds is 6. The first kappa shape index (κ1) is 18.5. The number of carboxylic acids is 1. The van der Waals surface area contributed by atoms with Crippen molar-refractivity contribution in [2.75, 3.05) is 0 Å². The van der Waals surface area contributed by atoms with E-state index in [1.54, 1.807) is 0 Å². The summed E-state index contributed by atoms with van der Waals surface area (Å²) in [5, 5.41) is 8.66. The lowest BCUT2D eigenvalue weighted by molar-refractivity contribution is 0.0695. The van der Waals surface area contributed by atoms with Gasteiger partial charge < -0.3 is 5.11 Å². The van der Waals surface area contributed by atoms with Crippen molar-refractivity contribution in [1.29, 1.82) is 0 Å². The maximum Gasteiger partial charge on any atom is 0.335 e. The monoisotopic (exact) mass is 358 g/mol. The molecule has 6 heteroatoms. The molecule has 25 heavy (non-hydrogen) atoms. The molecule has 0 fully saturated rings. The van der Waals surface area contributed by atoms with Crippen LogP contribution in [0.2, 0.25) is 0 Å². The Morgan fingerprint density at radius 3 is 1.68 bits per heavy atom. The van der Waals surface area contributed by atoms with E-state index in [1.807, 2.05) is 0 Å². The van der Waals surface area contributed by atoms with Crippen LogP contribution >= 0.6 is 11.6 Å². The Labute approximate surface area is 149 Å². The Morgan fingerprint density at radius 1 is 0.840 bits per heavy atom. The van der Waals surface area contributed by atoms with E-state index in [1.165, 1.54) is 50.2 Å². The van der Waals surface area contributed by atoms with Crippen molar-refractivity contribution in [1.82, 2.24) is 0 Å². The second kappa shape index (κ2) is 7.40. The molecule has 0 saturated carbocycles. The molecular formula is C19H15ClO5. The lowest BCUT2D eigenvalue weighted by Crippen LogP contribution is -2.08. The molecule has 0 heterocycles. The first-order valence-corrected chi connectivity index (χ1v) is 7.79. The van der Waals surface area contributed by atoms with Crippen LogP contribution in [0.3, 0.4) is 0 Å². The van der Waals surface area contributed by atoms with Crippen molar-refractivity contribution in [2.24, 2.45) is 0 Å². The summed E-state index contributed by atoms with van der Waals surface area (Å²) >= 11 is 5.60. The highest BCUT2D eigenvalue weighted by Gasteiger charge is 2.17. The van der Waals surface area contributed by atoms with Gasteiger partial charge in [0.1, 0.15) is 0 Å². The normalized spacial score (nSPS) is 10.4. The number of ketones is 2. The van der Waals surface area contributed by atoms with Crippen LogP contribution in [0, 0.1) is 0 Å².